The molecule has 0 aromatic rings. The Morgan fingerprint density at radius 3 is 1.74 bits per heavy atom. The Hall–Kier alpha value is -0.770. The van der Waals surface area contributed by atoms with Crippen molar-refractivity contribution < 1.29 is 14.3 Å². The molecule has 1 saturated heterocycles. The van der Waals surface area contributed by atoms with Gasteiger partial charge in [0.25, 0.3) is 0 Å². The largest absolute Gasteiger partial charge is 0.508 e. The summed E-state index contributed by atoms with van der Waals surface area (Å²) in [4.78, 5) is 13.5. The van der Waals surface area contributed by atoms with Gasteiger partial charge in [-0.2, -0.15) is 0 Å². The highest BCUT2D eigenvalue weighted by atomic mass is 16.7. The number of carbonyl (C=O) groups is 1. The predicted molar refractivity (Wildman–Crippen MR) is 113 cm³/mol. The van der Waals surface area contributed by atoms with Gasteiger partial charge in [-0.3, -0.25) is 0 Å². The van der Waals surface area contributed by atoms with Crippen LogP contribution in [0.4, 0.5) is 4.79 Å². The maximum atomic E-state index is 11.0. The lowest BCUT2D eigenvalue weighted by Gasteiger charge is -2.21. The van der Waals surface area contributed by atoms with E-state index in [1.54, 1.807) is 0 Å². The third kappa shape index (κ3) is 14.0. The number of rotatable bonds is 18. The zero-order chi connectivity index (χ0) is 19.6. The van der Waals surface area contributed by atoms with Gasteiger partial charge in [0.1, 0.15) is 6.10 Å². The molecule has 1 heterocycles. The normalized spacial score (nSPS) is 17.1. The third-order valence-electron chi connectivity index (χ3n) is 5.82. The highest BCUT2D eigenvalue weighted by Gasteiger charge is 2.20. The minimum absolute atomic E-state index is 0.100. The number of carbonyl (C=O) groups excluding carboxylic acids is 1. The van der Waals surface area contributed by atoms with E-state index in [0.717, 1.165) is 12.8 Å². The van der Waals surface area contributed by atoms with Crippen LogP contribution in [0.5, 0.6) is 0 Å². The van der Waals surface area contributed by atoms with Gasteiger partial charge in [0, 0.05) is 6.42 Å². The summed E-state index contributed by atoms with van der Waals surface area (Å²) in [6, 6.07) is 0. The van der Waals surface area contributed by atoms with E-state index in [9.17, 15) is 4.79 Å². The highest BCUT2D eigenvalue weighted by Crippen LogP contribution is 2.17. The smallest absolute Gasteiger partial charge is 0.434 e. The molecule has 4 heteroatoms. The van der Waals surface area contributed by atoms with Crippen molar-refractivity contribution in [1.82, 2.24) is 4.90 Å². The summed E-state index contributed by atoms with van der Waals surface area (Å²) in [5.74, 6) is 0. The number of hydrogen-bond acceptors (Lipinski definition) is 4. The molecular formula is C23H45NO3. The van der Waals surface area contributed by atoms with Crippen LogP contribution >= 0.6 is 0 Å². The molecule has 1 aliphatic rings. The van der Waals surface area contributed by atoms with Crippen LogP contribution in [-0.4, -0.2) is 43.4 Å². The van der Waals surface area contributed by atoms with Gasteiger partial charge in [-0.1, -0.05) is 84.5 Å². The molecule has 1 aliphatic heterocycles. The summed E-state index contributed by atoms with van der Waals surface area (Å²) in [5, 5.41) is 0. The van der Waals surface area contributed by atoms with Gasteiger partial charge in [-0.15, -0.1) is 0 Å². The van der Waals surface area contributed by atoms with Gasteiger partial charge in [-0.25, -0.2) is 4.79 Å². The fourth-order valence-corrected chi connectivity index (χ4v) is 3.90. The topological polar surface area (TPSA) is 38.8 Å². The molecule has 0 aromatic carbocycles. The first-order chi connectivity index (χ1) is 13.3. The molecule has 1 unspecified atom stereocenters. The average molecular weight is 384 g/mol. The van der Waals surface area contributed by atoms with Gasteiger partial charge in [0.2, 0.25) is 0 Å². The number of nitrogens with zero attached hydrogens (tertiary/aromatic N) is 1. The number of cyclic esters (lactones) is 2. The zero-order valence-electron chi connectivity index (χ0n) is 18.2. The molecule has 0 bridgehead atoms. The number of hydrogen-bond donors (Lipinski definition) is 0. The van der Waals surface area contributed by atoms with E-state index in [1.807, 2.05) is 0 Å². The lowest BCUT2D eigenvalue weighted by atomic mass is 10.0. The Morgan fingerprint density at radius 1 is 0.778 bits per heavy atom. The molecule has 0 N–H and O–H groups in total. The standard InChI is InChI=1S/C23H45NO3/c1-3-24(4-2)20-17-15-13-11-9-7-5-6-8-10-12-14-16-18-22-19-21-26-23(25)27-22/h22H,3-21H2,1-2H3. The van der Waals surface area contributed by atoms with Crippen molar-refractivity contribution >= 4 is 6.16 Å². The van der Waals surface area contributed by atoms with Crippen LogP contribution in [0.3, 0.4) is 0 Å². The van der Waals surface area contributed by atoms with Crippen LogP contribution < -0.4 is 0 Å². The fraction of sp³-hybridized carbons (Fsp3) is 0.957. The highest BCUT2D eigenvalue weighted by molar-refractivity contribution is 5.60. The van der Waals surface area contributed by atoms with Crippen molar-refractivity contribution in [3.8, 4) is 0 Å². The van der Waals surface area contributed by atoms with Crippen molar-refractivity contribution in [2.45, 2.75) is 116 Å². The van der Waals surface area contributed by atoms with E-state index in [4.69, 9.17) is 9.47 Å². The lowest BCUT2D eigenvalue weighted by Crippen LogP contribution is -2.27. The minimum Gasteiger partial charge on any atom is -0.434 e. The summed E-state index contributed by atoms with van der Waals surface area (Å²) in [6.07, 6.45) is 19.3. The maximum absolute atomic E-state index is 11.0. The maximum Gasteiger partial charge on any atom is 0.508 e. The Morgan fingerprint density at radius 2 is 1.26 bits per heavy atom. The van der Waals surface area contributed by atoms with E-state index < -0.39 is 6.16 Å². The summed E-state index contributed by atoms with van der Waals surface area (Å²) < 4.78 is 9.94. The van der Waals surface area contributed by atoms with Crippen molar-refractivity contribution in [2.75, 3.05) is 26.2 Å². The van der Waals surface area contributed by atoms with Crippen LogP contribution in [0.15, 0.2) is 0 Å². The molecule has 4 nitrogen and oxygen atoms in total. The second-order valence-electron chi connectivity index (χ2n) is 8.04. The summed E-state index contributed by atoms with van der Waals surface area (Å²) >= 11 is 0. The first kappa shape index (κ1) is 24.3. The second-order valence-corrected chi connectivity index (χ2v) is 8.04. The van der Waals surface area contributed by atoms with E-state index >= 15 is 0 Å². The molecule has 160 valence electrons. The monoisotopic (exact) mass is 383 g/mol. The van der Waals surface area contributed by atoms with Crippen molar-refractivity contribution in [1.29, 1.82) is 0 Å². The van der Waals surface area contributed by atoms with Gasteiger partial charge < -0.3 is 14.4 Å². The quantitative estimate of drug-likeness (QED) is 0.195. The molecule has 1 fully saturated rings. The third-order valence-corrected chi connectivity index (χ3v) is 5.82. The first-order valence-electron chi connectivity index (χ1n) is 11.8. The molecule has 0 saturated carbocycles. The molecule has 0 amide bonds. The average Bonchev–Trinajstić information content (AvgIpc) is 2.68. The van der Waals surface area contributed by atoms with Gasteiger partial charge in [-0.05, 0) is 38.9 Å². The van der Waals surface area contributed by atoms with Crippen LogP contribution in [0.2, 0.25) is 0 Å². The van der Waals surface area contributed by atoms with Crippen molar-refractivity contribution in [2.24, 2.45) is 0 Å². The Labute approximate surface area is 168 Å². The van der Waals surface area contributed by atoms with Crippen LogP contribution in [0, 0.1) is 0 Å². The fourth-order valence-electron chi connectivity index (χ4n) is 3.90. The second kappa shape index (κ2) is 17.3. The zero-order valence-corrected chi connectivity index (χ0v) is 18.2. The molecule has 0 radical (unpaired) electrons. The van der Waals surface area contributed by atoms with Gasteiger partial charge in [0.15, 0.2) is 0 Å². The van der Waals surface area contributed by atoms with Gasteiger partial charge >= 0.3 is 6.16 Å². The Kier molecular flexibility index (Phi) is 15.6. The summed E-state index contributed by atoms with van der Waals surface area (Å²) in [7, 11) is 0. The summed E-state index contributed by atoms with van der Waals surface area (Å²) in [6.45, 7) is 8.72. The van der Waals surface area contributed by atoms with E-state index in [2.05, 4.69) is 18.7 Å². The SMILES string of the molecule is CCN(CC)CCCCCCCCCCCCCCCC1CCOC(=O)O1. The molecule has 0 spiro atoms. The van der Waals surface area contributed by atoms with E-state index in [0.29, 0.717) is 6.61 Å². The van der Waals surface area contributed by atoms with Crippen LogP contribution in [0.25, 0.3) is 0 Å². The molecule has 1 rings (SSSR count). The molecular weight excluding hydrogens is 338 g/mol. The minimum atomic E-state index is -0.481. The van der Waals surface area contributed by atoms with Crippen LogP contribution in [0.1, 0.15) is 110 Å². The molecule has 0 aromatic heterocycles. The summed E-state index contributed by atoms with van der Waals surface area (Å²) in [5.41, 5.74) is 0. The van der Waals surface area contributed by atoms with E-state index in [-0.39, 0.29) is 6.10 Å². The Bertz CT molecular complexity index is 345. The molecule has 27 heavy (non-hydrogen) atoms. The van der Waals surface area contributed by atoms with Gasteiger partial charge in [0.05, 0.1) is 6.61 Å². The van der Waals surface area contributed by atoms with Crippen LogP contribution in [-0.2, 0) is 9.47 Å². The lowest BCUT2D eigenvalue weighted by molar-refractivity contribution is -0.0257. The first-order valence-corrected chi connectivity index (χ1v) is 11.8. The number of unbranched alkanes of at least 4 members (excludes halogenated alkanes) is 12. The van der Waals surface area contributed by atoms with Crippen molar-refractivity contribution in [3.63, 3.8) is 0 Å². The van der Waals surface area contributed by atoms with E-state index in [1.165, 1.54) is 103 Å². The molecule has 0 aliphatic carbocycles. The van der Waals surface area contributed by atoms with Crippen molar-refractivity contribution in [3.05, 3.63) is 0 Å². The number of ether oxygens (including phenoxy) is 2. The predicted octanol–water partition coefficient (Wildman–Crippen LogP) is 6.72. The Balaban J connectivity index is 1.72. The molecule has 1 atom stereocenters.